The molecule has 2 aromatic rings. The first-order chi connectivity index (χ1) is 24.2. The zero-order valence-corrected chi connectivity index (χ0v) is 35.7. The highest BCUT2D eigenvalue weighted by atomic mass is 16.5. The fourth-order valence-corrected chi connectivity index (χ4v) is 5.04. The minimum atomic E-state index is 0.0370. The van der Waals surface area contributed by atoms with Crippen molar-refractivity contribution in [3.63, 3.8) is 0 Å². The summed E-state index contributed by atoms with van der Waals surface area (Å²) >= 11 is 0. The van der Waals surface area contributed by atoms with Crippen LogP contribution in [-0.2, 0) is 14.4 Å². The first-order valence-electron chi connectivity index (χ1n) is 19.6. The lowest BCUT2D eigenvalue weighted by molar-refractivity contribution is -0.124. The number of nitrogens with one attached hydrogen (secondary N) is 3. The Morgan fingerprint density at radius 2 is 1.33 bits per heavy atom. The molecule has 4 rings (SSSR count). The molecule has 3 N–H and O–H groups in total. The van der Waals surface area contributed by atoms with Crippen molar-refractivity contribution in [2.24, 2.45) is 11.8 Å². The van der Waals surface area contributed by atoms with E-state index < -0.39 is 0 Å². The first kappa shape index (κ1) is 50.8. The molecule has 1 aliphatic heterocycles. The summed E-state index contributed by atoms with van der Waals surface area (Å²) in [5, 5.41) is 16.1. The average molecular weight is 735 g/mol. The van der Waals surface area contributed by atoms with Crippen LogP contribution in [0.3, 0.4) is 0 Å². The van der Waals surface area contributed by atoms with E-state index in [1.54, 1.807) is 13.1 Å². The van der Waals surface area contributed by atoms with Crippen LogP contribution in [-0.4, -0.2) is 80.3 Å². The van der Waals surface area contributed by atoms with Gasteiger partial charge in [0.2, 0.25) is 23.6 Å². The van der Waals surface area contributed by atoms with Gasteiger partial charge in [-0.1, -0.05) is 66.0 Å². The van der Waals surface area contributed by atoms with Crippen LogP contribution in [0.4, 0.5) is 0 Å². The van der Waals surface area contributed by atoms with E-state index in [4.69, 9.17) is 4.52 Å². The Balaban J connectivity index is 0. The number of piperidine rings is 1. The molecule has 12 nitrogen and oxygen atoms in total. The summed E-state index contributed by atoms with van der Waals surface area (Å²) in [5.74, 6) is 3.05. The third-order valence-electron chi connectivity index (χ3n) is 7.40. The van der Waals surface area contributed by atoms with Gasteiger partial charge in [0.1, 0.15) is 0 Å². The number of aryl methyl sites for hydroxylation is 1. The second-order valence-electron chi connectivity index (χ2n) is 15.5. The molecule has 0 atom stereocenters. The summed E-state index contributed by atoms with van der Waals surface area (Å²) in [6.07, 6.45) is 13.0. The summed E-state index contributed by atoms with van der Waals surface area (Å²) in [6, 6.07) is 3.45. The van der Waals surface area contributed by atoms with Gasteiger partial charge in [-0.3, -0.25) is 19.1 Å². The summed E-state index contributed by atoms with van der Waals surface area (Å²) in [7, 11) is 0. The summed E-state index contributed by atoms with van der Waals surface area (Å²) in [4.78, 5) is 38.1. The predicted molar refractivity (Wildman–Crippen MR) is 214 cm³/mol. The molecule has 0 radical (unpaired) electrons. The van der Waals surface area contributed by atoms with E-state index in [0.717, 1.165) is 11.7 Å². The Morgan fingerprint density at radius 3 is 1.60 bits per heavy atom. The predicted octanol–water partition coefficient (Wildman–Crippen LogP) is 7.86. The van der Waals surface area contributed by atoms with Crippen LogP contribution < -0.4 is 16.0 Å². The molecule has 1 aliphatic carbocycles. The van der Waals surface area contributed by atoms with Crippen molar-refractivity contribution in [3.05, 3.63) is 30.2 Å². The number of rotatable bonds is 8. The molecule has 2 aliphatic rings. The Morgan fingerprint density at radius 1 is 0.808 bits per heavy atom. The summed E-state index contributed by atoms with van der Waals surface area (Å²) < 4.78 is 6.68. The molecule has 302 valence electrons. The highest BCUT2D eigenvalue weighted by Crippen LogP contribution is 2.18. The molecular formula is C40H78N8O4. The van der Waals surface area contributed by atoms with Gasteiger partial charge in [0.05, 0.1) is 0 Å². The SMILES string of the molecule is CC(=O)NC(C)C.CC(=O)NC(C)C.CC(C)C(=O)NC1CCCC1.CC(C)CN1CCCCC1.CC(C)n1cccn1.Cc1nc(C(C)C)no1. The van der Waals surface area contributed by atoms with Crippen molar-refractivity contribution < 1.29 is 18.9 Å². The smallest absolute Gasteiger partial charge is 0.223 e. The molecule has 0 unspecified atom stereocenters. The van der Waals surface area contributed by atoms with Crippen molar-refractivity contribution in [3.8, 4) is 0 Å². The van der Waals surface area contributed by atoms with Gasteiger partial charge >= 0.3 is 0 Å². The molecule has 1 saturated carbocycles. The van der Waals surface area contributed by atoms with Gasteiger partial charge in [0.25, 0.3) is 0 Å². The average Bonchev–Trinajstić information content (AvgIpc) is 3.82. The van der Waals surface area contributed by atoms with E-state index >= 15 is 0 Å². The van der Waals surface area contributed by atoms with Gasteiger partial charge in [0, 0.05) is 75.7 Å². The topological polar surface area (TPSA) is 147 Å². The minimum absolute atomic E-state index is 0.0370. The quantitative estimate of drug-likeness (QED) is 0.249. The zero-order valence-electron chi connectivity index (χ0n) is 35.7. The van der Waals surface area contributed by atoms with Crippen molar-refractivity contribution >= 4 is 17.7 Å². The van der Waals surface area contributed by atoms with Crippen LogP contribution in [0.25, 0.3) is 0 Å². The molecule has 2 fully saturated rings. The Bertz CT molecular complexity index is 1130. The van der Waals surface area contributed by atoms with Gasteiger partial charge < -0.3 is 25.4 Å². The number of hydrogen-bond acceptors (Lipinski definition) is 8. The van der Waals surface area contributed by atoms with Crippen LogP contribution >= 0.6 is 0 Å². The summed E-state index contributed by atoms with van der Waals surface area (Å²) in [5.41, 5.74) is 0. The number of carbonyl (C=O) groups excluding carboxylic acids is 3. The Labute approximate surface area is 317 Å². The number of aromatic nitrogens is 4. The van der Waals surface area contributed by atoms with Crippen LogP contribution in [0, 0.1) is 18.8 Å². The van der Waals surface area contributed by atoms with E-state index in [1.165, 1.54) is 78.4 Å². The van der Waals surface area contributed by atoms with Crippen molar-refractivity contribution in [2.45, 2.75) is 179 Å². The molecule has 3 heterocycles. The maximum absolute atomic E-state index is 11.2. The number of carbonyl (C=O) groups is 3. The zero-order chi connectivity index (χ0) is 40.2. The summed E-state index contributed by atoms with van der Waals surface area (Å²) in [6.45, 7) is 33.3. The second-order valence-corrected chi connectivity index (χ2v) is 15.5. The standard InChI is InChI=1S/C9H17NO.C9H19N.C6H10N2O.C6H10N2.2C5H11NO/c1-7(2)9(11)10-8-5-3-4-6-8;1-9(2)8-10-6-4-3-5-7-10;1-4(2)6-7-5(3)9-8-6;1-6(2)8-5-3-4-7-8;2*1-4(2)6-5(3)7/h7-8H,3-6H2,1-2H3,(H,10,11);9H,3-8H2,1-2H3;4H,1-3H3;3-6H,1-2H3;2*4H,1-3H3,(H,6,7). The molecule has 0 spiro atoms. The number of amides is 3. The van der Waals surface area contributed by atoms with Gasteiger partial charge in [-0.15, -0.1) is 0 Å². The normalized spacial score (nSPS) is 14.2. The molecule has 12 heteroatoms. The Hall–Kier alpha value is -3.28. The number of likely N-dealkylation sites (tertiary alicyclic amines) is 1. The fourth-order valence-electron chi connectivity index (χ4n) is 5.04. The van der Waals surface area contributed by atoms with E-state index in [-0.39, 0.29) is 35.7 Å². The monoisotopic (exact) mass is 735 g/mol. The van der Waals surface area contributed by atoms with Gasteiger partial charge in [-0.05, 0) is 92.3 Å². The fraction of sp³-hybridized carbons (Fsp3) is 0.800. The number of hydrogen-bond donors (Lipinski definition) is 3. The highest BCUT2D eigenvalue weighted by molar-refractivity contribution is 5.78. The molecule has 2 aromatic heterocycles. The molecular weight excluding hydrogens is 656 g/mol. The molecule has 1 saturated heterocycles. The van der Waals surface area contributed by atoms with E-state index in [0.29, 0.717) is 23.9 Å². The molecule has 52 heavy (non-hydrogen) atoms. The van der Waals surface area contributed by atoms with Gasteiger partial charge in [-0.2, -0.15) is 10.1 Å². The lowest BCUT2D eigenvalue weighted by Gasteiger charge is -2.27. The lowest BCUT2D eigenvalue weighted by Crippen LogP contribution is -2.35. The van der Waals surface area contributed by atoms with Gasteiger partial charge in [0.15, 0.2) is 5.82 Å². The highest BCUT2D eigenvalue weighted by Gasteiger charge is 2.18. The second kappa shape index (κ2) is 30.2. The van der Waals surface area contributed by atoms with Crippen molar-refractivity contribution in [1.29, 1.82) is 0 Å². The third kappa shape index (κ3) is 31.5. The third-order valence-corrected chi connectivity index (χ3v) is 7.40. The maximum Gasteiger partial charge on any atom is 0.223 e. The van der Waals surface area contributed by atoms with Crippen LogP contribution in [0.2, 0.25) is 0 Å². The minimum Gasteiger partial charge on any atom is -0.354 e. The lowest BCUT2D eigenvalue weighted by atomic mass is 10.1. The van der Waals surface area contributed by atoms with E-state index in [9.17, 15) is 14.4 Å². The van der Waals surface area contributed by atoms with E-state index in [1.807, 2.05) is 72.3 Å². The van der Waals surface area contributed by atoms with Crippen LogP contribution in [0.5, 0.6) is 0 Å². The molecule has 3 amide bonds. The van der Waals surface area contributed by atoms with Crippen molar-refractivity contribution in [1.82, 2.24) is 40.8 Å². The Kier molecular flexibility index (Phi) is 29.5. The van der Waals surface area contributed by atoms with Crippen molar-refractivity contribution in [2.75, 3.05) is 19.6 Å². The first-order valence-corrected chi connectivity index (χ1v) is 19.6. The molecule has 0 bridgehead atoms. The largest absolute Gasteiger partial charge is 0.354 e. The molecule has 0 aromatic carbocycles. The maximum atomic E-state index is 11.2. The number of nitrogens with zero attached hydrogens (tertiary/aromatic N) is 5. The van der Waals surface area contributed by atoms with Gasteiger partial charge in [-0.25, -0.2) is 0 Å². The van der Waals surface area contributed by atoms with Crippen LogP contribution in [0.1, 0.15) is 166 Å². The van der Waals surface area contributed by atoms with Crippen LogP contribution in [0.15, 0.2) is 23.0 Å². The van der Waals surface area contributed by atoms with E-state index in [2.05, 4.69) is 63.8 Å².